The van der Waals surface area contributed by atoms with Gasteiger partial charge in [0.05, 0.1) is 14.2 Å². The molecule has 13 heavy (non-hydrogen) atoms. The third kappa shape index (κ3) is 5.03. The van der Waals surface area contributed by atoms with Crippen LogP contribution in [0.15, 0.2) is 23.3 Å². The zero-order chi connectivity index (χ0) is 10.3. The van der Waals surface area contributed by atoms with E-state index >= 15 is 0 Å². The fraction of sp³-hybridized carbons (Fsp3) is 0.250. The molecule has 0 fully saturated rings. The molecule has 0 aromatic heterocycles. The van der Waals surface area contributed by atoms with Crippen molar-refractivity contribution < 1.29 is 19.1 Å². The van der Waals surface area contributed by atoms with Gasteiger partial charge < -0.3 is 9.47 Å². The molecule has 0 aliphatic heterocycles. The Bertz CT molecular complexity index is 255. The van der Waals surface area contributed by atoms with Crippen molar-refractivity contribution in [2.24, 2.45) is 0 Å². The van der Waals surface area contributed by atoms with E-state index in [-0.39, 0.29) is 5.03 Å². The molecule has 0 aliphatic carbocycles. The van der Waals surface area contributed by atoms with Gasteiger partial charge in [-0.25, -0.2) is 9.59 Å². The minimum atomic E-state index is -0.656. The predicted octanol–water partition coefficient (Wildman–Crippen LogP) is 1.01. The van der Waals surface area contributed by atoms with Gasteiger partial charge in [0, 0.05) is 6.08 Å². The third-order valence-electron chi connectivity index (χ3n) is 1.06. The van der Waals surface area contributed by atoms with Crippen LogP contribution in [0, 0.1) is 0 Å². The van der Waals surface area contributed by atoms with Gasteiger partial charge in [-0.3, -0.25) is 0 Å². The Morgan fingerprint density at radius 3 is 2.31 bits per heavy atom. The molecule has 0 spiro atoms. The van der Waals surface area contributed by atoms with E-state index in [1.807, 2.05) is 0 Å². The topological polar surface area (TPSA) is 52.6 Å². The normalized spacial score (nSPS) is 11.5. The zero-order valence-corrected chi connectivity index (χ0v) is 8.00. The molecule has 0 aromatic rings. The van der Waals surface area contributed by atoms with Gasteiger partial charge in [0.2, 0.25) is 0 Å². The Hall–Kier alpha value is -1.29. The summed E-state index contributed by atoms with van der Waals surface area (Å²) in [6.07, 6.45) is 3.67. The fourth-order valence-corrected chi connectivity index (χ4v) is 0.595. The molecule has 0 bridgehead atoms. The van der Waals surface area contributed by atoms with Crippen LogP contribution in [-0.2, 0) is 19.1 Å². The summed E-state index contributed by atoms with van der Waals surface area (Å²) in [5, 5.41) is -0.109. The number of hydrogen-bond donors (Lipinski definition) is 0. The standard InChI is InChI=1S/C8H9ClO4/c1-12-7(10)5-3-4-6(9)8(11)13-2/h3-5H,1-2H3/b5-3-,6-4+. The maximum atomic E-state index is 10.7. The Labute approximate surface area is 80.8 Å². The van der Waals surface area contributed by atoms with Crippen molar-refractivity contribution in [3.05, 3.63) is 23.3 Å². The first-order chi connectivity index (χ1) is 6.11. The van der Waals surface area contributed by atoms with Crippen LogP contribution in [0.2, 0.25) is 0 Å². The summed E-state index contributed by atoms with van der Waals surface area (Å²) in [7, 11) is 2.46. The molecule has 0 aliphatic rings. The molecule has 72 valence electrons. The number of allylic oxidation sites excluding steroid dienone is 2. The number of hydrogen-bond acceptors (Lipinski definition) is 4. The summed E-state index contributed by atoms with van der Waals surface area (Å²) in [5.74, 6) is -1.18. The maximum Gasteiger partial charge on any atom is 0.349 e. The van der Waals surface area contributed by atoms with Crippen LogP contribution in [0.5, 0.6) is 0 Å². The van der Waals surface area contributed by atoms with Gasteiger partial charge in [-0.15, -0.1) is 0 Å². The van der Waals surface area contributed by atoms with Crippen LogP contribution in [0.3, 0.4) is 0 Å². The molecule has 0 N–H and O–H groups in total. The Balaban J connectivity index is 4.18. The lowest BCUT2D eigenvalue weighted by molar-refractivity contribution is -0.136. The van der Waals surface area contributed by atoms with Crippen molar-refractivity contribution in [2.45, 2.75) is 0 Å². The fourth-order valence-electron chi connectivity index (χ4n) is 0.445. The Morgan fingerprint density at radius 2 is 1.85 bits per heavy atom. The van der Waals surface area contributed by atoms with Gasteiger partial charge in [-0.2, -0.15) is 0 Å². The minimum absolute atomic E-state index is 0.109. The highest BCUT2D eigenvalue weighted by Crippen LogP contribution is 2.03. The quantitative estimate of drug-likeness (QED) is 0.391. The Morgan fingerprint density at radius 1 is 1.23 bits per heavy atom. The van der Waals surface area contributed by atoms with Gasteiger partial charge in [-0.1, -0.05) is 17.7 Å². The molecule has 5 heteroatoms. The van der Waals surface area contributed by atoms with Crippen molar-refractivity contribution in [1.82, 2.24) is 0 Å². The molecule has 0 rings (SSSR count). The Kier molecular flexibility index (Phi) is 5.63. The smallest absolute Gasteiger partial charge is 0.349 e. The number of methoxy groups -OCH3 is 2. The lowest BCUT2D eigenvalue weighted by atomic mass is 10.4. The number of halogens is 1. The molecule has 0 amide bonds. The summed E-state index contributed by atoms with van der Waals surface area (Å²) in [4.78, 5) is 21.2. The second-order valence-electron chi connectivity index (χ2n) is 1.89. The molecule has 0 atom stereocenters. The molecule has 0 unspecified atom stereocenters. The molecule has 0 heterocycles. The first-order valence-electron chi connectivity index (χ1n) is 3.32. The van der Waals surface area contributed by atoms with Gasteiger partial charge in [0.1, 0.15) is 5.03 Å². The molecule has 0 saturated heterocycles. The van der Waals surface area contributed by atoms with E-state index in [1.54, 1.807) is 0 Å². The molecule has 0 saturated carbocycles. The van der Waals surface area contributed by atoms with E-state index in [2.05, 4.69) is 9.47 Å². The summed E-state index contributed by atoms with van der Waals surface area (Å²) >= 11 is 5.44. The van der Waals surface area contributed by atoms with E-state index in [0.717, 1.165) is 6.08 Å². The van der Waals surface area contributed by atoms with Crippen LogP contribution in [0.1, 0.15) is 0 Å². The molecule has 4 nitrogen and oxygen atoms in total. The van der Waals surface area contributed by atoms with Crippen molar-refractivity contribution in [2.75, 3.05) is 14.2 Å². The van der Waals surface area contributed by atoms with Gasteiger partial charge in [-0.05, 0) is 6.08 Å². The van der Waals surface area contributed by atoms with Crippen molar-refractivity contribution >= 4 is 23.5 Å². The van der Waals surface area contributed by atoms with Crippen LogP contribution < -0.4 is 0 Å². The maximum absolute atomic E-state index is 10.7. The summed E-state index contributed by atoms with van der Waals surface area (Å²) in [6.45, 7) is 0. The van der Waals surface area contributed by atoms with E-state index < -0.39 is 11.9 Å². The average molecular weight is 205 g/mol. The van der Waals surface area contributed by atoms with E-state index in [4.69, 9.17) is 11.6 Å². The molecule has 0 radical (unpaired) electrons. The summed E-state index contributed by atoms with van der Waals surface area (Å²) < 4.78 is 8.61. The largest absolute Gasteiger partial charge is 0.466 e. The average Bonchev–Trinajstić information content (AvgIpc) is 2.15. The third-order valence-corrected chi connectivity index (χ3v) is 1.34. The van der Waals surface area contributed by atoms with Gasteiger partial charge in [0.25, 0.3) is 0 Å². The summed E-state index contributed by atoms with van der Waals surface area (Å²) in [5.41, 5.74) is 0. The number of esters is 2. The minimum Gasteiger partial charge on any atom is -0.466 e. The van der Waals surface area contributed by atoms with Crippen molar-refractivity contribution in [3.63, 3.8) is 0 Å². The lowest BCUT2D eigenvalue weighted by Gasteiger charge is -1.93. The van der Waals surface area contributed by atoms with Crippen LogP contribution >= 0.6 is 11.6 Å². The number of carbonyl (C=O) groups excluding carboxylic acids is 2. The SMILES string of the molecule is COC(=O)/C=C\C=C(\Cl)C(=O)OC. The van der Waals surface area contributed by atoms with Gasteiger partial charge >= 0.3 is 11.9 Å². The van der Waals surface area contributed by atoms with Crippen LogP contribution in [-0.4, -0.2) is 26.2 Å². The first-order valence-corrected chi connectivity index (χ1v) is 3.69. The van der Waals surface area contributed by atoms with Gasteiger partial charge in [0.15, 0.2) is 0 Å². The van der Waals surface area contributed by atoms with E-state index in [1.165, 1.54) is 26.4 Å². The van der Waals surface area contributed by atoms with Crippen molar-refractivity contribution in [3.8, 4) is 0 Å². The molecular formula is C8H9ClO4. The van der Waals surface area contributed by atoms with E-state index in [0.29, 0.717) is 0 Å². The highest BCUT2D eigenvalue weighted by molar-refractivity contribution is 6.41. The second-order valence-corrected chi connectivity index (χ2v) is 2.30. The lowest BCUT2D eigenvalue weighted by Crippen LogP contribution is -1.99. The zero-order valence-electron chi connectivity index (χ0n) is 7.24. The predicted molar refractivity (Wildman–Crippen MR) is 47.1 cm³/mol. The summed E-state index contributed by atoms with van der Waals surface area (Å²) in [6, 6.07) is 0. The molecule has 0 aromatic carbocycles. The monoisotopic (exact) mass is 204 g/mol. The van der Waals surface area contributed by atoms with E-state index in [9.17, 15) is 9.59 Å². The number of ether oxygens (including phenoxy) is 2. The number of carbonyl (C=O) groups is 2. The van der Waals surface area contributed by atoms with Crippen LogP contribution in [0.25, 0.3) is 0 Å². The van der Waals surface area contributed by atoms with Crippen LogP contribution in [0.4, 0.5) is 0 Å². The highest BCUT2D eigenvalue weighted by atomic mass is 35.5. The van der Waals surface area contributed by atoms with Crippen molar-refractivity contribution in [1.29, 1.82) is 0 Å². The molecular weight excluding hydrogens is 196 g/mol. The highest BCUT2D eigenvalue weighted by Gasteiger charge is 2.02. The number of rotatable bonds is 3. The second kappa shape index (κ2) is 6.25. The first kappa shape index (κ1) is 11.7.